The number of pyridine rings is 1. The fraction of sp³-hybridized carbons (Fsp3) is 0.571. The molecule has 1 aliphatic heterocycles. The summed E-state index contributed by atoms with van der Waals surface area (Å²) in [6, 6.07) is 2.53. The average molecular weight is 248 g/mol. The zero-order valence-corrected chi connectivity index (χ0v) is 11.2. The molecule has 1 N–H and O–H groups in total. The summed E-state index contributed by atoms with van der Waals surface area (Å²) >= 11 is 0. The van der Waals surface area contributed by atoms with Gasteiger partial charge in [0.15, 0.2) is 0 Å². The van der Waals surface area contributed by atoms with Gasteiger partial charge in [0.05, 0.1) is 0 Å². The van der Waals surface area contributed by atoms with Crippen molar-refractivity contribution in [3.8, 4) is 0 Å². The highest BCUT2D eigenvalue weighted by Crippen LogP contribution is 2.33. The van der Waals surface area contributed by atoms with Crippen molar-refractivity contribution in [3.63, 3.8) is 0 Å². The maximum atomic E-state index is 11.4. The Balaban J connectivity index is 2.50. The summed E-state index contributed by atoms with van der Waals surface area (Å²) < 4.78 is 0. The van der Waals surface area contributed by atoms with Crippen LogP contribution in [0, 0.1) is 6.92 Å². The lowest BCUT2D eigenvalue weighted by molar-refractivity contribution is 0.0696. The molecule has 2 unspecified atom stereocenters. The maximum absolute atomic E-state index is 11.4. The Morgan fingerprint density at radius 1 is 1.56 bits per heavy atom. The molecule has 98 valence electrons. The molecule has 1 aromatic rings. The van der Waals surface area contributed by atoms with E-state index in [9.17, 15) is 9.90 Å². The molecule has 2 atom stereocenters. The van der Waals surface area contributed by atoms with Crippen LogP contribution in [0.2, 0.25) is 0 Å². The van der Waals surface area contributed by atoms with Gasteiger partial charge in [-0.05, 0) is 44.7 Å². The van der Waals surface area contributed by atoms with Gasteiger partial charge in [-0.1, -0.05) is 6.92 Å². The number of hydrogen-bond donors (Lipinski definition) is 1. The summed E-state index contributed by atoms with van der Waals surface area (Å²) in [7, 11) is 0. The van der Waals surface area contributed by atoms with Gasteiger partial charge in [0, 0.05) is 18.3 Å². The highest BCUT2D eigenvalue weighted by atomic mass is 16.4. The molecule has 1 saturated heterocycles. The molecule has 1 aromatic heterocycles. The SMILES string of the molecule is CCC1CCC(C)N1c1nccc(C)c1C(=O)O. The van der Waals surface area contributed by atoms with Gasteiger partial charge in [-0.2, -0.15) is 0 Å². The zero-order chi connectivity index (χ0) is 13.3. The topological polar surface area (TPSA) is 53.4 Å². The largest absolute Gasteiger partial charge is 0.478 e. The number of anilines is 1. The van der Waals surface area contributed by atoms with Crippen LogP contribution in [0.5, 0.6) is 0 Å². The monoisotopic (exact) mass is 248 g/mol. The molecule has 4 heteroatoms. The Kier molecular flexibility index (Phi) is 3.55. The van der Waals surface area contributed by atoms with Gasteiger partial charge in [0.2, 0.25) is 0 Å². The van der Waals surface area contributed by atoms with Gasteiger partial charge in [-0.3, -0.25) is 0 Å². The molecule has 1 fully saturated rings. The van der Waals surface area contributed by atoms with Crippen LogP contribution in [-0.4, -0.2) is 28.1 Å². The summed E-state index contributed by atoms with van der Waals surface area (Å²) in [6.45, 7) is 6.12. The summed E-state index contributed by atoms with van der Waals surface area (Å²) in [4.78, 5) is 18.0. The molecule has 1 aliphatic rings. The number of nitrogens with zero attached hydrogens (tertiary/aromatic N) is 2. The number of aromatic nitrogens is 1. The second-order valence-corrected chi connectivity index (χ2v) is 5.03. The van der Waals surface area contributed by atoms with Crippen LogP contribution >= 0.6 is 0 Å². The summed E-state index contributed by atoms with van der Waals surface area (Å²) in [5.41, 5.74) is 1.13. The van der Waals surface area contributed by atoms with E-state index in [2.05, 4.69) is 23.7 Å². The third kappa shape index (κ3) is 2.07. The van der Waals surface area contributed by atoms with E-state index >= 15 is 0 Å². The van der Waals surface area contributed by atoms with E-state index in [-0.39, 0.29) is 0 Å². The van der Waals surface area contributed by atoms with Crippen LogP contribution in [0.3, 0.4) is 0 Å². The smallest absolute Gasteiger partial charge is 0.339 e. The summed E-state index contributed by atoms with van der Waals surface area (Å²) in [5, 5.41) is 9.39. The lowest BCUT2D eigenvalue weighted by Gasteiger charge is -2.30. The van der Waals surface area contributed by atoms with Gasteiger partial charge < -0.3 is 10.0 Å². The Hall–Kier alpha value is -1.58. The zero-order valence-electron chi connectivity index (χ0n) is 11.2. The third-order valence-electron chi connectivity index (χ3n) is 3.85. The number of aromatic carboxylic acids is 1. The molecule has 0 saturated carbocycles. The number of aryl methyl sites for hydroxylation is 1. The highest BCUT2D eigenvalue weighted by Gasteiger charge is 2.33. The fourth-order valence-corrected chi connectivity index (χ4v) is 2.86. The van der Waals surface area contributed by atoms with E-state index in [0.29, 0.717) is 23.5 Å². The van der Waals surface area contributed by atoms with E-state index in [1.54, 1.807) is 12.3 Å². The Morgan fingerprint density at radius 3 is 2.89 bits per heavy atom. The Morgan fingerprint density at radius 2 is 2.28 bits per heavy atom. The van der Waals surface area contributed by atoms with Crippen molar-refractivity contribution in [2.24, 2.45) is 0 Å². The maximum Gasteiger partial charge on any atom is 0.339 e. The second-order valence-electron chi connectivity index (χ2n) is 5.03. The molecule has 0 aromatic carbocycles. The van der Waals surface area contributed by atoms with Crippen LogP contribution in [0.4, 0.5) is 5.82 Å². The van der Waals surface area contributed by atoms with Crippen molar-refractivity contribution in [1.29, 1.82) is 0 Å². The fourth-order valence-electron chi connectivity index (χ4n) is 2.86. The highest BCUT2D eigenvalue weighted by molar-refractivity contribution is 5.95. The first kappa shape index (κ1) is 12.9. The van der Waals surface area contributed by atoms with E-state index in [4.69, 9.17) is 0 Å². The number of carboxylic acids is 1. The molecule has 4 nitrogen and oxygen atoms in total. The van der Waals surface area contributed by atoms with Gasteiger partial charge in [-0.15, -0.1) is 0 Å². The minimum Gasteiger partial charge on any atom is -0.478 e. The number of rotatable bonds is 3. The Labute approximate surface area is 108 Å². The van der Waals surface area contributed by atoms with Crippen molar-refractivity contribution in [2.45, 2.75) is 52.1 Å². The molecule has 0 radical (unpaired) electrons. The van der Waals surface area contributed by atoms with Crippen LogP contribution in [0.15, 0.2) is 12.3 Å². The van der Waals surface area contributed by atoms with Gasteiger partial charge >= 0.3 is 5.97 Å². The quantitative estimate of drug-likeness (QED) is 0.893. The van der Waals surface area contributed by atoms with Crippen molar-refractivity contribution in [2.75, 3.05) is 4.90 Å². The van der Waals surface area contributed by atoms with E-state index < -0.39 is 5.97 Å². The molecule has 0 bridgehead atoms. The summed E-state index contributed by atoms with van der Waals surface area (Å²) in [5.74, 6) is -0.246. The average Bonchev–Trinajstić information content (AvgIpc) is 2.69. The summed E-state index contributed by atoms with van der Waals surface area (Å²) in [6.07, 6.45) is 4.95. The molecule has 0 spiro atoms. The number of hydrogen-bond acceptors (Lipinski definition) is 3. The molecule has 18 heavy (non-hydrogen) atoms. The van der Waals surface area contributed by atoms with Gasteiger partial charge in [0.25, 0.3) is 0 Å². The number of carboxylic acid groups (broad SMARTS) is 1. The minimum absolute atomic E-state index is 0.352. The molecule has 2 heterocycles. The van der Waals surface area contributed by atoms with Crippen molar-refractivity contribution >= 4 is 11.8 Å². The van der Waals surface area contributed by atoms with Gasteiger partial charge in [0.1, 0.15) is 11.4 Å². The van der Waals surface area contributed by atoms with E-state index in [1.165, 1.54) is 0 Å². The Bertz CT molecular complexity index is 459. The van der Waals surface area contributed by atoms with Crippen molar-refractivity contribution < 1.29 is 9.90 Å². The van der Waals surface area contributed by atoms with E-state index in [1.807, 2.05) is 6.92 Å². The predicted octanol–water partition coefficient (Wildman–Crippen LogP) is 2.86. The van der Waals surface area contributed by atoms with E-state index in [0.717, 1.165) is 24.8 Å². The predicted molar refractivity (Wildman–Crippen MR) is 71.2 cm³/mol. The van der Waals surface area contributed by atoms with Crippen LogP contribution in [0.25, 0.3) is 0 Å². The van der Waals surface area contributed by atoms with Crippen molar-refractivity contribution in [1.82, 2.24) is 4.98 Å². The number of carbonyl (C=O) groups is 1. The normalized spacial score (nSPS) is 23.4. The molecular weight excluding hydrogens is 228 g/mol. The third-order valence-corrected chi connectivity index (χ3v) is 3.85. The standard InChI is InChI=1S/C14H20N2O2/c1-4-11-6-5-10(3)16(11)13-12(14(17)18)9(2)7-8-15-13/h7-8,10-11H,4-6H2,1-3H3,(H,17,18). The lowest BCUT2D eigenvalue weighted by atomic mass is 10.1. The van der Waals surface area contributed by atoms with Crippen LogP contribution < -0.4 is 4.90 Å². The van der Waals surface area contributed by atoms with Crippen molar-refractivity contribution in [3.05, 3.63) is 23.4 Å². The first-order chi connectivity index (χ1) is 8.56. The second kappa shape index (κ2) is 4.96. The van der Waals surface area contributed by atoms with Crippen LogP contribution in [0.1, 0.15) is 49.0 Å². The van der Waals surface area contributed by atoms with Crippen LogP contribution in [-0.2, 0) is 0 Å². The minimum atomic E-state index is -0.885. The molecule has 0 aliphatic carbocycles. The van der Waals surface area contributed by atoms with Gasteiger partial charge in [-0.25, -0.2) is 9.78 Å². The first-order valence-electron chi connectivity index (χ1n) is 6.53. The first-order valence-corrected chi connectivity index (χ1v) is 6.53. The molecule has 2 rings (SSSR count). The molecular formula is C14H20N2O2. The molecule has 0 amide bonds. The lowest BCUT2D eigenvalue weighted by Crippen LogP contribution is -2.36.